The van der Waals surface area contributed by atoms with Crippen molar-refractivity contribution in [3.05, 3.63) is 58.7 Å². The summed E-state index contributed by atoms with van der Waals surface area (Å²) in [6.07, 6.45) is 0. The van der Waals surface area contributed by atoms with Crippen molar-refractivity contribution in [3.8, 4) is 11.1 Å². The molecule has 1 unspecified atom stereocenters. The van der Waals surface area contributed by atoms with Crippen LogP contribution in [0.15, 0.2) is 36.4 Å². The van der Waals surface area contributed by atoms with E-state index in [1.165, 1.54) is 33.4 Å². The van der Waals surface area contributed by atoms with E-state index in [4.69, 9.17) is 0 Å². The van der Waals surface area contributed by atoms with Crippen LogP contribution in [-0.4, -0.2) is 7.85 Å². The molecule has 0 heterocycles. The Bertz CT molecular complexity index is 687. The van der Waals surface area contributed by atoms with Crippen molar-refractivity contribution < 1.29 is 0 Å². The summed E-state index contributed by atoms with van der Waals surface area (Å²) in [5.41, 5.74) is 8.75. The van der Waals surface area contributed by atoms with E-state index >= 15 is 0 Å². The SMILES string of the molecule is BC1(C)c2cc(C)ccc2-c2ccc(C(C)(C)C)cc21. The predicted molar refractivity (Wildman–Crippen MR) is 90.3 cm³/mol. The van der Waals surface area contributed by atoms with E-state index in [1.54, 1.807) is 0 Å². The molecule has 102 valence electrons. The van der Waals surface area contributed by atoms with E-state index in [0.29, 0.717) is 0 Å². The Morgan fingerprint density at radius 3 is 2.05 bits per heavy atom. The highest BCUT2D eigenvalue weighted by atomic mass is 14.4. The van der Waals surface area contributed by atoms with Crippen molar-refractivity contribution in [2.45, 2.75) is 45.3 Å². The van der Waals surface area contributed by atoms with Gasteiger partial charge in [-0.25, -0.2) is 0 Å². The zero-order chi connectivity index (χ0) is 14.7. The lowest BCUT2D eigenvalue weighted by Gasteiger charge is -2.25. The average Bonchev–Trinajstić information content (AvgIpc) is 2.57. The highest BCUT2D eigenvalue weighted by Crippen LogP contribution is 2.48. The van der Waals surface area contributed by atoms with Gasteiger partial charge in [0.1, 0.15) is 7.85 Å². The van der Waals surface area contributed by atoms with Crippen LogP contribution < -0.4 is 0 Å². The minimum absolute atomic E-state index is 0.109. The molecular formula is C19H23B. The topological polar surface area (TPSA) is 0 Å². The second kappa shape index (κ2) is 4.01. The molecule has 0 amide bonds. The summed E-state index contributed by atoms with van der Waals surface area (Å²) in [5.74, 6) is 0. The smallest absolute Gasteiger partial charge is 0.0589 e. The zero-order valence-electron chi connectivity index (χ0n) is 13.5. The van der Waals surface area contributed by atoms with Gasteiger partial charge in [-0.15, -0.1) is 0 Å². The molecule has 0 spiro atoms. The third-order valence-corrected chi connectivity index (χ3v) is 4.70. The summed E-state index contributed by atoms with van der Waals surface area (Å²) in [4.78, 5) is 0. The van der Waals surface area contributed by atoms with E-state index in [2.05, 4.69) is 78.9 Å². The summed E-state index contributed by atoms with van der Waals surface area (Å²) >= 11 is 0. The lowest BCUT2D eigenvalue weighted by atomic mass is 9.63. The third kappa shape index (κ3) is 1.83. The second-order valence-electron chi connectivity index (χ2n) is 7.68. The molecule has 0 nitrogen and oxygen atoms in total. The maximum atomic E-state index is 2.42. The Labute approximate surface area is 123 Å². The molecule has 1 aliphatic rings. The Balaban J connectivity index is 2.27. The normalized spacial score (nSPS) is 20.6. The number of hydrogen-bond acceptors (Lipinski definition) is 0. The first-order valence-corrected chi connectivity index (χ1v) is 7.48. The second-order valence-corrected chi connectivity index (χ2v) is 7.68. The maximum absolute atomic E-state index is 2.42. The van der Waals surface area contributed by atoms with Crippen molar-refractivity contribution >= 4 is 7.85 Å². The fourth-order valence-electron chi connectivity index (χ4n) is 3.32. The van der Waals surface area contributed by atoms with Gasteiger partial charge in [0.2, 0.25) is 0 Å². The van der Waals surface area contributed by atoms with Gasteiger partial charge in [0.25, 0.3) is 0 Å². The molecule has 0 bridgehead atoms. The van der Waals surface area contributed by atoms with Crippen LogP contribution in [0, 0.1) is 6.92 Å². The summed E-state index contributed by atoms with van der Waals surface area (Å²) in [5, 5.41) is 0.109. The van der Waals surface area contributed by atoms with Gasteiger partial charge in [0.05, 0.1) is 0 Å². The fourth-order valence-corrected chi connectivity index (χ4v) is 3.32. The van der Waals surface area contributed by atoms with E-state index in [9.17, 15) is 0 Å². The van der Waals surface area contributed by atoms with Crippen LogP contribution in [0.2, 0.25) is 0 Å². The Morgan fingerprint density at radius 1 is 0.900 bits per heavy atom. The Kier molecular flexibility index (Phi) is 2.70. The molecule has 0 N–H and O–H groups in total. The van der Waals surface area contributed by atoms with Gasteiger partial charge in [0.15, 0.2) is 0 Å². The van der Waals surface area contributed by atoms with Crippen LogP contribution in [0.1, 0.15) is 49.9 Å². The van der Waals surface area contributed by atoms with Crippen molar-refractivity contribution in [2.24, 2.45) is 0 Å². The van der Waals surface area contributed by atoms with Gasteiger partial charge in [-0.1, -0.05) is 69.7 Å². The summed E-state index contributed by atoms with van der Waals surface area (Å²) < 4.78 is 0. The molecule has 0 radical (unpaired) electrons. The van der Waals surface area contributed by atoms with Crippen LogP contribution in [0.4, 0.5) is 0 Å². The first-order valence-electron chi connectivity index (χ1n) is 7.48. The molecule has 0 fully saturated rings. The highest BCUT2D eigenvalue weighted by Gasteiger charge is 2.35. The van der Waals surface area contributed by atoms with Gasteiger partial charge < -0.3 is 0 Å². The van der Waals surface area contributed by atoms with Gasteiger partial charge in [-0.05, 0) is 45.5 Å². The highest BCUT2D eigenvalue weighted by molar-refractivity contribution is 6.21. The first-order chi connectivity index (χ1) is 9.21. The molecule has 0 saturated heterocycles. The van der Waals surface area contributed by atoms with Crippen molar-refractivity contribution in [1.82, 2.24) is 0 Å². The van der Waals surface area contributed by atoms with Gasteiger partial charge >= 0.3 is 0 Å². The van der Waals surface area contributed by atoms with Crippen molar-refractivity contribution in [3.63, 3.8) is 0 Å². The van der Waals surface area contributed by atoms with E-state index in [0.717, 1.165) is 0 Å². The van der Waals surface area contributed by atoms with Gasteiger partial charge in [-0.2, -0.15) is 0 Å². The number of fused-ring (bicyclic) bond motifs is 3. The van der Waals surface area contributed by atoms with E-state index < -0.39 is 0 Å². The van der Waals surface area contributed by atoms with Crippen LogP contribution in [0.25, 0.3) is 11.1 Å². The predicted octanol–water partition coefficient (Wildman–Crippen LogP) is 4.17. The standard InChI is InChI=1S/C19H23B/c1-12-6-8-14-15-9-7-13(18(2,3)4)11-17(15)19(5,20)16(14)10-12/h6-11H,20H2,1-5H3. The minimum Gasteiger partial charge on any atom is -0.0589 e. The van der Waals surface area contributed by atoms with Gasteiger partial charge in [-0.3, -0.25) is 0 Å². The van der Waals surface area contributed by atoms with E-state index in [1.807, 2.05) is 0 Å². The monoisotopic (exact) mass is 262 g/mol. The Morgan fingerprint density at radius 2 is 1.45 bits per heavy atom. The van der Waals surface area contributed by atoms with Crippen LogP contribution in [0.5, 0.6) is 0 Å². The number of aryl methyl sites for hydroxylation is 1. The van der Waals surface area contributed by atoms with Crippen LogP contribution in [0.3, 0.4) is 0 Å². The molecule has 1 aliphatic carbocycles. The largest absolute Gasteiger partial charge is 0.120 e. The maximum Gasteiger partial charge on any atom is 0.120 e. The number of hydrogen-bond donors (Lipinski definition) is 0. The summed E-state index contributed by atoms with van der Waals surface area (Å²) in [6.45, 7) is 11.4. The van der Waals surface area contributed by atoms with Crippen LogP contribution in [-0.2, 0) is 10.7 Å². The molecule has 1 atom stereocenters. The minimum atomic E-state index is 0.109. The summed E-state index contributed by atoms with van der Waals surface area (Å²) in [7, 11) is 2.35. The van der Waals surface area contributed by atoms with Crippen molar-refractivity contribution in [2.75, 3.05) is 0 Å². The first kappa shape index (κ1) is 13.5. The molecule has 1 heteroatoms. The lowest BCUT2D eigenvalue weighted by Crippen LogP contribution is -2.21. The third-order valence-electron chi connectivity index (χ3n) is 4.70. The zero-order valence-corrected chi connectivity index (χ0v) is 13.5. The molecule has 0 aromatic heterocycles. The quantitative estimate of drug-likeness (QED) is 0.625. The molecule has 20 heavy (non-hydrogen) atoms. The van der Waals surface area contributed by atoms with Gasteiger partial charge in [0, 0.05) is 0 Å². The Hall–Kier alpha value is -1.50. The average molecular weight is 262 g/mol. The molecule has 3 rings (SSSR count). The molecular weight excluding hydrogens is 239 g/mol. The lowest BCUT2D eigenvalue weighted by molar-refractivity contribution is 0.588. The molecule has 2 aromatic rings. The molecule has 0 aliphatic heterocycles. The molecule has 2 aromatic carbocycles. The van der Waals surface area contributed by atoms with Crippen LogP contribution >= 0.6 is 0 Å². The number of benzene rings is 2. The number of rotatable bonds is 0. The molecule has 0 saturated carbocycles. The summed E-state index contributed by atoms with van der Waals surface area (Å²) in [6, 6.07) is 13.9. The van der Waals surface area contributed by atoms with E-state index in [-0.39, 0.29) is 10.7 Å². The fraction of sp³-hybridized carbons (Fsp3) is 0.368. The van der Waals surface area contributed by atoms with Crippen molar-refractivity contribution in [1.29, 1.82) is 0 Å².